The number of rotatable bonds is 3. The molecule has 1 aromatic carbocycles. The van der Waals surface area contributed by atoms with Crippen LogP contribution in [0, 0.1) is 27.7 Å². The summed E-state index contributed by atoms with van der Waals surface area (Å²) in [6, 6.07) is 5.86. The molecule has 0 fully saturated rings. The van der Waals surface area contributed by atoms with Crippen molar-refractivity contribution in [3.8, 4) is 11.6 Å². The van der Waals surface area contributed by atoms with Crippen LogP contribution in [0.3, 0.4) is 0 Å². The van der Waals surface area contributed by atoms with E-state index >= 15 is 0 Å². The Morgan fingerprint density at radius 2 is 1.90 bits per heavy atom. The summed E-state index contributed by atoms with van der Waals surface area (Å²) in [5.74, 6) is 0.840. The zero-order valence-corrected chi connectivity index (χ0v) is 12.5. The Morgan fingerprint density at radius 1 is 1.19 bits per heavy atom. The first-order valence-electron chi connectivity index (χ1n) is 6.51. The van der Waals surface area contributed by atoms with E-state index in [-0.39, 0.29) is 11.7 Å². The van der Waals surface area contributed by atoms with Crippen LogP contribution in [0.2, 0.25) is 0 Å². The molecule has 0 unspecified atom stereocenters. The Morgan fingerprint density at radius 3 is 2.57 bits per heavy atom. The molecule has 0 amide bonds. The quantitative estimate of drug-likeness (QED) is 0.391. The van der Waals surface area contributed by atoms with Crippen molar-refractivity contribution in [2.45, 2.75) is 27.7 Å². The van der Waals surface area contributed by atoms with Gasteiger partial charge in [-0.05, 0) is 50.5 Å². The molecule has 2 rings (SSSR count). The van der Waals surface area contributed by atoms with Crippen molar-refractivity contribution < 1.29 is 9.94 Å². The van der Waals surface area contributed by atoms with Crippen LogP contribution in [0.5, 0.6) is 11.6 Å². The predicted molar refractivity (Wildman–Crippen MR) is 80.0 cm³/mol. The monoisotopic (exact) mass is 286 g/mol. The fourth-order valence-corrected chi connectivity index (χ4v) is 1.93. The van der Waals surface area contributed by atoms with E-state index in [0.717, 1.165) is 16.7 Å². The number of hydrogen-bond acceptors (Lipinski definition) is 5. The topological polar surface area (TPSA) is 93.6 Å². The number of oxime groups is 1. The lowest BCUT2D eigenvalue weighted by molar-refractivity contribution is 0.318. The Kier molecular flexibility index (Phi) is 4.07. The fourth-order valence-electron chi connectivity index (χ4n) is 1.93. The summed E-state index contributed by atoms with van der Waals surface area (Å²) in [5.41, 5.74) is 9.68. The maximum absolute atomic E-state index is 8.95. The highest BCUT2D eigenvalue weighted by Gasteiger charge is 2.18. The molecule has 0 atom stereocenters. The summed E-state index contributed by atoms with van der Waals surface area (Å²) in [5, 5.41) is 20.1. The number of ether oxygens (including phenoxy) is 1. The second-order valence-electron chi connectivity index (χ2n) is 4.95. The summed E-state index contributed by atoms with van der Waals surface area (Å²) >= 11 is 0. The Hall–Kier alpha value is -2.63. The summed E-state index contributed by atoms with van der Waals surface area (Å²) in [7, 11) is 0. The van der Waals surface area contributed by atoms with E-state index in [2.05, 4.69) is 15.4 Å². The van der Waals surface area contributed by atoms with Gasteiger partial charge in [0.1, 0.15) is 5.75 Å². The number of amidine groups is 1. The number of aryl methyl sites for hydroxylation is 3. The van der Waals surface area contributed by atoms with Gasteiger partial charge in [0.2, 0.25) is 5.88 Å². The van der Waals surface area contributed by atoms with Crippen LogP contribution in [0.15, 0.2) is 23.4 Å². The molecule has 0 aliphatic heterocycles. The highest BCUT2D eigenvalue weighted by Crippen LogP contribution is 2.28. The van der Waals surface area contributed by atoms with E-state index in [1.165, 1.54) is 0 Å². The molecule has 0 spiro atoms. The zero-order chi connectivity index (χ0) is 15.6. The predicted octanol–water partition coefficient (Wildman–Crippen LogP) is 2.60. The van der Waals surface area contributed by atoms with Crippen molar-refractivity contribution in [2.24, 2.45) is 10.9 Å². The van der Waals surface area contributed by atoms with E-state index in [4.69, 9.17) is 15.7 Å². The molecular weight excluding hydrogens is 268 g/mol. The number of nitrogens with two attached hydrogens (primary N) is 1. The molecule has 0 saturated carbocycles. The Balaban J connectivity index is 2.54. The van der Waals surface area contributed by atoms with Crippen LogP contribution in [0.25, 0.3) is 0 Å². The average Bonchev–Trinajstić information content (AvgIpc) is 2.46. The summed E-state index contributed by atoms with van der Waals surface area (Å²) in [4.78, 5) is 0. The molecular formula is C15H18N4O2. The lowest BCUT2D eigenvalue weighted by Gasteiger charge is -2.13. The first kappa shape index (κ1) is 14.8. The molecule has 0 aliphatic carbocycles. The van der Waals surface area contributed by atoms with Crippen molar-refractivity contribution in [3.63, 3.8) is 0 Å². The number of nitrogens with zero attached hydrogens (tertiary/aromatic N) is 3. The third-order valence-corrected chi connectivity index (χ3v) is 3.34. The molecule has 3 N–H and O–H groups in total. The van der Waals surface area contributed by atoms with Gasteiger partial charge in [-0.2, -0.15) is 5.10 Å². The molecule has 0 bridgehead atoms. The highest BCUT2D eigenvalue weighted by atomic mass is 16.5. The summed E-state index contributed by atoms with van der Waals surface area (Å²) < 4.78 is 5.83. The maximum atomic E-state index is 8.95. The SMILES string of the molecule is Cc1ccc(C)c(Oc2nnc(C)c(C)c2/C(N)=N/O)c1. The third kappa shape index (κ3) is 2.94. The van der Waals surface area contributed by atoms with Gasteiger partial charge < -0.3 is 15.7 Å². The second-order valence-corrected chi connectivity index (χ2v) is 4.95. The number of hydrogen-bond donors (Lipinski definition) is 2. The zero-order valence-electron chi connectivity index (χ0n) is 12.5. The van der Waals surface area contributed by atoms with Gasteiger partial charge in [-0.15, -0.1) is 5.10 Å². The van der Waals surface area contributed by atoms with E-state index in [9.17, 15) is 0 Å². The van der Waals surface area contributed by atoms with Crippen molar-refractivity contribution in [2.75, 3.05) is 0 Å². The molecule has 21 heavy (non-hydrogen) atoms. The normalized spacial score (nSPS) is 11.5. The van der Waals surface area contributed by atoms with E-state index < -0.39 is 0 Å². The van der Waals surface area contributed by atoms with Crippen LogP contribution in [0.4, 0.5) is 0 Å². The first-order valence-corrected chi connectivity index (χ1v) is 6.51. The van der Waals surface area contributed by atoms with Crippen LogP contribution < -0.4 is 10.5 Å². The second kappa shape index (κ2) is 5.78. The van der Waals surface area contributed by atoms with Crippen LogP contribution in [0.1, 0.15) is 27.9 Å². The molecule has 6 heteroatoms. The average molecular weight is 286 g/mol. The first-order chi connectivity index (χ1) is 9.93. The third-order valence-electron chi connectivity index (χ3n) is 3.34. The van der Waals surface area contributed by atoms with Gasteiger partial charge >= 0.3 is 0 Å². The van der Waals surface area contributed by atoms with Gasteiger partial charge in [-0.25, -0.2) is 0 Å². The minimum absolute atomic E-state index is 0.0502. The lowest BCUT2D eigenvalue weighted by atomic mass is 10.1. The van der Waals surface area contributed by atoms with Gasteiger partial charge in [0.25, 0.3) is 0 Å². The van der Waals surface area contributed by atoms with Gasteiger partial charge in [0.05, 0.1) is 11.3 Å². The van der Waals surface area contributed by atoms with Crippen LogP contribution >= 0.6 is 0 Å². The molecule has 1 aromatic heterocycles. The van der Waals surface area contributed by atoms with Gasteiger partial charge in [0.15, 0.2) is 5.84 Å². The Labute approximate surface area is 123 Å². The smallest absolute Gasteiger partial charge is 0.250 e. The summed E-state index contributed by atoms with van der Waals surface area (Å²) in [6.45, 7) is 7.54. The summed E-state index contributed by atoms with van der Waals surface area (Å²) in [6.07, 6.45) is 0. The molecule has 1 heterocycles. The standard InChI is InChI=1S/C15H18N4O2/c1-8-5-6-9(2)12(7-8)21-15-13(14(16)19-20)10(3)11(4)17-18-15/h5-7,20H,1-4H3,(H2,16,19). The molecule has 0 aliphatic rings. The number of aromatic nitrogens is 2. The van der Waals surface area contributed by atoms with Gasteiger partial charge in [-0.3, -0.25) is 0 Å². The van der Waals surface area contributed by atoms with Gasteiger partial charge in [0, 0.05) is 0 Å². The highest BCUT2D eigenvalue weighted by molar-refractivity contribution is 6.00. The van der Waals surface area contributed by atoms with Crippen LogP contribution in [-0.4, -0.2) is 21.2 Å². The van der Waals surface area contributed by atoms with Crippen molar-refractivity contribution in [1.29, 1.82) is 0 Å². The molecule has 6 nitrogen and oxygen atoms in total. The van der Waals surface area contributed by atoms with Gasteiger partial charge in [-0.1, -0.05) is 17.3 Å². The van der Waals surface area contributed by atoms with E-state index in [1.54, 1.807) is 6.92 Å². The van der Waals surface area contributed by atoms with E-state index in [1.807, 2.05) is 39.0 Å². The lowest BCUT2D eigenvalue weighted by Crippen LogP contribution is -2.18. The Bertz CT molecular complexity index is 711. The minimum Gasteiger partial charge on any atom is -0.437 e. The van der Waals surface area contributed by atoms with Crippen molar-refractivity contribution in [3.05, 3.63) is 46.1 Å². The molecule has 0 saturated heterocycles. The van der Waals surface area contributed by atoms with E-state index in [0.29, 0.717) is 17.0 Å². The minimum atomic E-state index is -0.0502. The number of benzene rings is 1. The maximum Gasteiger partial charge on any atom is 0.250 e. The fraction of sp³-hybridized carbons (Fsp3) is 0.267. The van der Waals surface area contributed by atoms with Crippen LogP contribution in [-0.2, 0) is 0 Å². The molecule has 110 valence electrons. The van der Waals surface area contributed by atoms with Crippen molar-refractivity contribution in [1.82, 2.24) is 10.2 Å². The largest absolute Gasteiger partial charge is 0.437 e. The van der Waals surface area contributed by atoms with Crippen molar-refractivity contribution >= 4 is 5.84 Å². The molecule has 0 radical (unpaired) electrons. The molecule has 2 aromatic rings.